The molecule has 0 aliphatic carbocycles. The molecule has 1 N–H and O–H groups in total. The summed E-state index contributed by atoms with van der Waals surface area (Å²) in [6.45, 7) is 0.433. The number of nitrogens with one attached hydrogen (secondary N) is 1. The standard InChI is InChI=1S/C24H24N4O3/c1-28-23(29)9-15(12-25-28)14-2-5-20-16(8-14)13-30-24-21(20)6-7-22(27-24)31-19-10-17-3-4-18(11-19)26-17/h2,5-9,12,17-19,26H,3-4,10-11,13H2,1H3/t17-,18+,19?. The third-order valence-electron chi connectivity index (χ3n) is 6.61. The molecule has 3 atom stereocenters. The van der Waals surface area contributed by atoms with Crippen LogP contribution in [0.3, 0.4) is 0 Å². The first-order valence-corrected chi connectivity index (χ1v) is 10.9. The topological polar surface area (TPSA) is 78.3 Å². The molecule has 7 nitrogen and oxygen atoms in total. The molecule has 5 heterocycles. The van der Waals surface area contributed by atoms with E-state index in [2.05, 4.69) is 27.5 Å². The van der Waals surface area contributed by atoms with Crippen LogP contribution in [0.4, 0.5) is 0 Å². The Morgan fingerprint density at radius 3 is 2.68 bits per heavy atom. The molecule has 31 heavy (non-hydrogen) atoms. The van der Waals surface area contributed by atoms with Crippen LogP contribution in [0, 0.1) is 0 Å². The van der Waals surface area contributed by atoms with Gasteiger partial charge in [-0.25, -0.2) is 4.68 Å². The molecule has 2 bridgehead atoms. The van der Waals surface area contributed by atoms with Crippen LogP contribution in [-0.4, -0.2) is 33.0 Å². The molecule has 3 aliphatic heterocycles. The maximum absolute atomic E-state index is 11.9. The highest BCUT2D eigenvalue weighted by Gasteiger charge is 2.34. The van der Waals surface area contributed by atoms with Crippen molar-refractivity contribution in [3.05, 3.63) is 58.5 Å². The Balaban J connectivity index is 1.26. The number of ether oxygens (including phenoxy) is 2. The van der Waals surface area contributed by atoms with Crippen LogP contribution in [0.25, 0.3) is 22.3 Å². The molecule has 7 heteroatoms. The van der Waals surface area contributed by atoms with Crippen molar-refractivity contribution in [1.82, 2.24) is 20.1 Å². The van der Waals surface area contributed by atoms with E-state index in [4.69, 9.17) is 9.47 Å². The first-order valence-electron chi connectivity index (χ1n) is 10.9. The Morgan fingerprint density at radius 2 is 1.87 bits per heavy atom. The summed E-state index contributed by atoms with van der Waals surface area (Å²) in [5.74, 6) is 1.25. The van der Waals surface area contributed by atoms with Gasteiger partial charge < -0.3 is 14.8 Å². The summed E-state index contributed by atoms with van der Waals surface area (Å²) in [6, 6.07) is 12.9. The Hall–Kier alpha value is -3.19. The van der Waals surface area contributed by atoms with E-state index in [1.807, 2.05) is 18.2 Å². The van der Waals surface area contributed by atoms with Crippen LogP contribution in [-0.2, 0) is 13.7 Å². The van der Waals surface area contributed by atoms with Crippen LogP contribution < -0.4 is 20.3 Å². The van der Waals surface area contributed by atoms with Crippen molar-refractivity contribution in [1.29, 1.82) is 0 Å². The summed E-state index contributed by atoms with van der Waals surface area (Å²) in [4.78, 5) is 16.6. The van der Waals surface area contributed by atoms with E-state index in [9.17, 15) is 4.79 Å². The molecule has 0 saturated carbocycles. The largest absolute Gasteiger partial charge is 0.474 e. The fourth-order valence-corrected chi connectivity index (χ4v) is 5.01. The zero-order chi connectivity index (χ0) is 20.9. The minimum absolute atomic E-state index is 0.129. The first kappa shape index (κ1) is 18.6. The van der Waals surface area contributed by atoms with E-state index in [1.165, 1.54) is 17.5 Å². The lowest BCUT2D eigenvalue weighted by atomic mass is 9.95. The fraction of sp³-hybridized carbons (Fsp3) is 0.375. The molecule has 3 aliphatic rings. The third kappa shape index (κ3) is 3.39. The van der Waals surface area contributed by atoms with Gasteiger partial charge in [-0.3, -0.25) is 4.79 Å². The number of hydrogen-bond acceptors (Lipinski definition) is 6. The lowest BCUT2D eigenvalue weighted by Crippen LogP contribution is -2.42. The van der Waals surface area contributed by atoms with Crippen molar-refractivity contribution in [2.45, 2.75) is 50.5 Å². The number of fused-ring (bicyclic) bond motifs is 5. The van der Waals surface area contributed by atoms with Gasteiger partial charge in [0.25, 0.3) is 5.56 Å². The molecular weight excluding hydrogens is 392 g/mol. The lowest BCUT2D eigenvalue weighted by molar-refractivity contribution is 0.130. The minimum Gasteiger partial charge on any atom is -0.474 e. The van der Waals surface area contributed by atoms with E-state index in [0.29, 0.717) is 30.5 Å². The zero-order valence-electron chi connectivity index (χ0n) is 17.4. The van der Waals surface area contributed by atoms with Gasteiger partial charge in [-0.1, -0.05) is 12.1 Å². The number of pyridine rings is 1. The van der Waals surface area contributed by atoms with E-state index in [-0.39, 0.29) is 11.7 Å². The number of hydrogen-bond donors (Lipinski definition) is 1. The number of piperidine rings is 1. The molecule has 1 aromatic carbocycles. The number of aromatic nitrogens is 3. The van der Waals surface area contributed by atoms with Gasteiger partial charge in [-0.05, 0) is 54.5 Å². The zero-order valence-corrected chi connectivity index (χ0v) is 17.4. The fourth-order valence-electron chi connectivity index (χ4n) is 5.01. The monoisotopic (exact) mass is 416 g/mol. The van der Waals surface area contributed by atoms with Gasteiger partial charge in [0.1, 0.15) is 12.7 Å². The van der Waals surface area contributed by atoms with Crippen molar-refractivity contribution in [3.8, 4) is 34.0 Å². The second-order valence-electron chi connectivity index (χ2n) is 8.72. The Bertz CT molecular complexity index is 1210. The molecule has 3 aromatic rings. The lowest BCUT2D eigenvalue weighted by Gasteiger charge is -2.29. The summed E-state index contributed by atoms with van der Waals surface area (Å²) in [5, 5.41) is 7.76. The Kier molecular flexibility index (Phi) is 4.31. The molecular formula is C24H24N4O3. The van der Waals surface area contributed by atoms with Crippen LogP contribution in [0.1, 0.15) is 31.2 Å². The SMILES string of the molecule is Cn1ncc(-c2ccc3c(c2)COc2nc(OC4C[C@H]5CC[C@@H](C4)N5)ccc2-3)cc1=O. The molecule has 0 radical (unpaired) electrons. The van der Waals surface area contributed by atoms with Crippen molar-refractivity contribution in [2.75, 3.05) is 0 Å². The van der Waals surface area contributed by atoms with E-state index in [1.54, 1.807) is 19.3 Å². The second-order valence-corrected chi connectivity index (χ2v) is 8.72. The normalized spacial score (nSPS) is 23.6. The van der Waals surface area contributed by atoms with Gasteiger partial charge in [0.15, 0.2) is 0 Å². The number of nitrogens with zero attached hydrogens (tertiary/aromatic N) is 3. The highest BCUT2D eigenvalue weighted by Crippen LogP contribution is 2.39. The highest BCUT2D eigenvalue weighted by molar-refractivity contribution is 5.77. The van der Waals surface area contributed by atoms with Crippen molar-refractivity contribution < 1.29 is 9.47 Å². The van der Waals surface area contributed by atoms with E-state index < -0.39 is 0 Å². The van der Waals surface area contributed by atoms with Crippen molar-refractivity contribution in [3.63, 3.8) is 0 Å². The number of aryl methyl sites for hydroxylation is 1. The maximum atomic E-state index is 11.9. The van der Waals surface area contributed by atoms with Crippen molar-refractivity contribution >= 4 is 0 Å². The van der Waals surface area contributed by atoms with Crippen LogP contribution in [0.2, 0.25) is 0 Å². The summed E-state index contributed by atoms with van der Waals surface area (Å²) < 4.78 is 13.5. The molecule has 158 valence electrons. The smallest absolute Gasteiger partial charge is 0.267 e. The average molecular weight is 416 g/mol. The molecule has 1 unspecified atom stereocenters. The summed E-state index contributed by atoms with van der Waals surface area (Å²) in [7, 11) is 1.64. The predicted octanol–water partition coefficient (Wildman–Crippen LogP) is 3.06. The molecule has 0 spiro atoms. The maximum Gasteiger partial charge on any atom is 0.267 e. The third-order valence-corrected chi connectivity index (χ3v) is 6.61. The van der Waals surface area contributed by atoms with E-state index >= 15 is 0 Å². The van der Waals surface area contributed by atoms with Crippen LogP contribution in [0.5, 0.6) is 11.8 Å². The van der Waals surface area contributed by atoms with E-state index in [0.717, 1.165) is 40.7 Å². The molecule has 2 aromatic heterocycles. The van der Waals surface area contributed by atoms with Crippen LogP contribution in [0.15, 0.2) is 47.4 Å². The predicted molar refractivity (Wildman–Crippen MR) is 116 cm³/mol. The highest BCUT2D eigenvalue weighted by atomic mass is 16.5. The van der Waals surface area contributed by atoms with Crippen LogP contribution >= 0.6 is 0 Å². The second kappa shape index (κ2) is 7.20. The molecule has 2 fully saturated rings. The summed E-state index contributed by atoms with van der Waals surface area (Å²) >= 11 is 0. The quantitative estimate of drug-likeness (QED) is 0.707. The van der Waals surface area contributed by atoms with Gasteiger partial charge in [0, 0.05) is 42.4 Å². The Morgan fingerprint density at radius 1 is 1.06 bits per heavy atom. The summed E-state index contributed by atoms with van der Waals surface area (Å²) in [6.07, 6.45) is 6.50. The molecule has 2 saturated heterocycles. The minimum atomic E-state index is -0.129. The van der Waals surface area contributed by atoms with Gasteiger partial charge in [-0.2, -0.15) is 10.1 Å². The summed E-state index contributed by atoms with van der Waals surface area (Å²) in [5.41, 5.74) is 4.75. The molecule has 6 rings (SSSR count). The average Bonchev–Trinajstić information content (AvgIpc) is 3.13. The number of rotatable bonds is 3. The van der Waals surface area contributed by atoms with Gasteiger partial charge >= 0.3 is 0 Å². The van der Waals surface area contributed by atoms with Gasteiger partial charge in [0.05, 0.1) is 6.20 Å². The Labute approximate surface area is 180 Å². The molecule has 0 amide bonds. The first-order chi connectivity index (χ1) is 15.1. The van der Waals surface area contributed by atoms with Crippen molar-refractivity contribution in [2.24, 2.45) is 7.05 Å². The van der Waals surface area contributed by atoms with Gasteiger partial charge in [0.2, 0.25) is 11.8 Å². The number of benzene rings is 1. The van der Waals surface area contributed by atoms with Gasteiger partial charge in [-0.15, -0.1) is 0 Å².